The predicted octanol–water partition coefficient (Wildman–Crippen LogP) is 4.30. The van der Waals surface area contributed by atoms with Gasteiger partial charge in [-0.15, -0.1) is 0 Å². The molecule has 0 unspecified atom stereocenters. The fourth-order valence-corrected chi connectivity index (χ4v) is 3.91. The molecule has 0 aliphatic carbocycles. The minimum Gasteiger partial charge on any atom is -0.383 e. The molecule has 0 radical (unpaired) electrons. The molecule has 2 aromatic heterocycles. The number of methoxy groups -OCH3 is 1. The number of aryl methyl sites for hydroxylation is 1. The lowest BCUT2D eigenvalue weighted by Crippen LogP contribution is -2.33. The number of ether oxygens (including phenoxy) is 1. The number of carbonyl (C=O) groups excluding carboxylic acids is 1. The van der Waals surface area contributed by atoms with E-state index in [1.807, 2.05) is 55.7 Å². The third-order valence-corrected chi connectivity index (χ3v) is 5.63. The molecular weight excluding hydrogens is 376 g/mol. The highest BCUT2D eigenvalue weighted by Gasteiger charge is 2.24. The molecule has 6 heteroatoms. The van der Waals surface area contributed by atoms with Crippen molar-refractivity contribution in [2.75, 3.05) is 13.7 Å². The number of fused-ring (bicyclic) bond motifs is 2. The van der Waals surface area contributed by atoms with Crippen molar-refractivity contribution in [3.63, 3.8) is 0 Å². The maximum Gasteiger partial charge on any atom is 0.251 e. The zero-order valence-electron chi connectivity index (χ0n) is 17.9. The van der Waals surface area contributed by atoms with Gasteiger partial charge in [-0.3, -0.25) is 4.79 Å². The van der Waals surface area contributed by atoms with Gasteiger partial charge in [0, 0.05) is 38.0 Å². The Kier molecular flexibility index (Phi) is 5.59. The van der Waals surface area contributed by atoms with Crippen LogP contribution >= 0.6 is 0 Å². The summed E-state index contributed by atoms with van der Waals surface area (Å²) in [5.41, 5.74) is 3.67. The SMILES string of the molecule is COCCn1ccc2ccc(C(=O)N[C@H](c3nc4ccccc4n3C)C(C)C)cc21. The van der Waals surface area contributed by atoms with Gasteiger partial charge in [0.05, 0.1) is 23.7 Å². The van der Waals surface area contributed by atoms with E-state index in [2.05, 4.69) is 34.4 Å². The molecule has 0 aliphatic rings. The smallest absolute Gasteiger partial charge is 0.251 e. The van der Waals surface area contributed by atoms with E-state index in [-0.39, 0.29) is 17.9 Å². The maximum atomic E-state index is 13.2. The van der Waals surface area contributed by atoms with Crippen LogP contribution in [0.15, 0.2) is 54.7 Å². The van der Waals surface area contributed by atoms with Gasteiger partial charge in [-0.05, 0) is 41.6 Å². The van der Waals surface area contributed by atoms with Crippen LogP contribution in [-0.4, -0.2) is 33.7 Å². The molecule has 0 bridgehead atoms. The van der Waals surface area contributed by atoms with Crippen molar-refractivity contribution in [3.8, 4) is 0 Å². The molecule has 4 aromatic rings. The number of para-hydroxylation sites is 2. The van der Waals surface area contributed by atoms with Gasteiger partial charge < -0.3 is 19.2 Å². The van der Waals surface area contributed by atoms with E-state index in [1.54, 1.807) is 7.11 Å². The molecule has 156 valence electrons. The third-order valence-electron chi connectivity index (χ3n) is 5.63. The summed E-state index contributed by atoms with van der Waals surface area (Å²) in [5.74, 6) is 0.963. The monoisotopic (exact) mass is 404 g/mol. The van der Waals surface area contributed by atoms with Crippen molar-refractivity contribution in [2.24, 2.45) is 13.0 Å². The number of hydrogen-bond acceptors (Lipinski definition) is 3. The van der Waals surface area contributed by atoms with Crippen LogP contribution in [-0.2, 0) is 18.3 Å². The second kappa shape index (κ2) is 8.32. The van der Waals surface area contributed by atoms with Crippen molar-refractivity contribution >= 4 is 27.8 Å². The fraction of sp³-hybridized carbons (Fsp3) is 0.333. The van der Waals surface area contributed by atoms with E-state index in [1.165, 1.54) is 0 Å². The number of carbonyl (C=O) groups is 1. The predicted molar refractivity (Wildman–Crippen MR) is 120 cm³/mol. The second-order valence-corrected chi connectivity index (χ2v) is 7.99. The Labute approximate surface area is 176 Å². The normalized spacial score (nSPS) is 12.7. The largest absolute Gasteiger partial charge is 0.383 e. The minimum absolute atomic E-state index is 0.0952. The van der Waals surface area contributed by atoms with Gasteiger partial charge in [-0.25, -0.2) is 4.98 Å². The van der Waals surface area contributed by atoms with Crippen molar-refractivity contribution in [1.29, 1.82) is 0 Å². The van der Waals surface area contributed by atoms with Crippen LogP contribution in [0.2, 0.25) is 0 Å². The van der Waals surface area contributed by atoms with Gasteiger partial charge in [0.1, 0.15) is 5.82 Å². The first-order chi connectivity index (χ1) is 14.5. The van der Waals surface area contributed by atoms with Crippen LogP contribution in [0.25, 0.3) is 21.9 Å². The van der Waals surface area contributed by atoms with Crippen molar-refractivity contribution in [1.82, 2.24) is 19.4 Å². The maximum absolute atomic E-state index is 13.2. The van der Waals surface area contributed by atoms with Crippen LogP contribution in [0.4, 0.5) is 0 Å². The van der Waals surface area contributed by atoms with E-state index in [9.17, 15) is 4.79 Å². The molecule has 0 saturated carbocycles. The molecule has 0 saturated heterocycles. The van der Waals surface area contributed by atoms with Crippen LogP contribution in [0.3, 0.4) is 0 Å². The van der Waals surface area contributed by atoms with E-state index in [0.29, 0.717) is 12.2 Å². The summed E-state index contributed by atoms with van der Waals surface area (Å²) in [6.07, 6.45) is 2.03. The molecule has 30 heavy (non-hydrogen) atoms. The quantitative estimate of drug-likeness (QED) is 0.500. The fourth-order valence-electron chi connectivity index (χ4n) is 3.91. The highest BCUT2D eigenvalue weighted by atomic mass is 16.5. The van der Waals surface area contributed by atoms with Gasteiger partial charge in [-0.1, -0.05) is 32.0 Å². The Morgan fingerprint density at radius 3 is 2.67 bits per heavy atom. The number of rotatable bonds is 7. The summed E-state index contributed by atoms with van der Waals surface area (Å²) in [7, 11) is 3.69. The third kappa shape index (κ3) is 3.71. The number of aromatic nitrogens is 3. The summed E-state index contributed by atoms with van der Waals surface area (Å²) in [6.45, 7) is 5.58. The Morgan fingerprint density at radius 2 is 1.93 bits per heavy atom. The Balaban J connectivity index is 1.64. The lowest BCUT2D eigenvalue weighted by Gasteiger charge is -2.22. The van der Waals surface area contributed by atoms with E-state index >= 15 is 0 Å². The first-order valence-corrected chi connectivity index (χ1v) is 10.3. The number of imidazole rings is 1. The van der Waals surface area contributed by atoms with Crippen LogP contribution in [0.1, 0.15) is 36.1 Å². The molecule has 1 atom stereocenters. The standard InChI is InChI=1S/C24H28N4O2/c1-16(2)22(23-25-19-7-5-6-8-20(19)27(23)3)26-24(29)18-10-9-17-11-12-28(13-14-30-4)21(17)15-18/h5-12,15-16,22H,13-14H2,1-4H3,(H,26,29)/t22-/m0/s1. The van der Waals surface area contributed by atoms with Crippen molar-refractivity contribution < 1.29 is 9.53 Å². The first kappa shape index (κ1) is 20.2. The van der Waals surface area contributed by atoms with Crippen molar-refractivity contribution in [2.45, 2.75) is 26.4 Å². The number of benzene rings is 2. The molecule has 6 nitrogen and oxygen atoms in total. The zero-order chi connectivity index (χ0) is 21.3. The first-order valence-electron chi connectivity index (χ1n) is 10.3. The number of hydrogen-bond donors (Lipinski definition) is 1. The van der Waals surface area contributed by atoms with Crippen LogP contribution in [0.5, 0.6) is 0 Å². The molecular formula is C24H28N4O2. The summed E-state index contributed by atoms with van der Waals surface area (Å²) < 4.78 is 9.38. The Hall–Kier alpha value is -3.12. The van der Waals surface area contributed by atoms with E-state index in [0.717, 1.165) is 34.3 Å². The Morgan fingerprint density at radius 1 is 1.13 bits per heavy atom. The molecule has 1 N–H and O–H groups in total. The van der Waals surface area contributed by atoms with E-state index in [4.69, 9.17) is 9.72 Å². The summed E-state index contributed by atoms with van der Waals surface area (Å²) in [5, 5.41) is 4.32. The average molecular weight is 405 g/mol. The molecule has 0 spiro atoms. The second-order valence-electron chi connectivity index (χ2n) is 7.99. The number of amides is 1. The van der Waals surface area contributed by atoms with E-state index < -0.39 is 0 Å². The van der Waals surface area contributed by atoms with Crippen LogP contribution in [0, 0.1) is 5.92 Å². The van der Waals surface area contributed by atoms with Crippen LogP contribution < -0.4 is 5.32 Å². The number of nitrogens with one attached hydrogen (secondary N) is 1. The zero-order valence-corrected chi connectivity index (χ0v) is 17.9. The molecule has 2 heterocycles. The summed E-state index contributed by atoms with van der Waals surface area (Å²) in [4.78, 5) is 18.0. The van der Waals surface area contributed by atoms with Gasteiger partial charge in [-0.2, -0.15) is 0 Å². The van der Waals surface area contributed by atoms with Gasteiger partial charge in [0.15, 0.2) is 0 Å². The van der Waals surface area contributed by atoms with Gasteiger partial charge in [0.25, 0.3) is 5.91 Å². The lowest BCUT2D eigenvalue weighted by atomic mass is 10.0. The average Bonchev–Trinajstić information content (AvgIpc) is 3.30. The molecule has 0 fully saturated rings. The topological polar surface area (TPSA) is 61.1 Å². The molecule has 0 aliphatic heterocycles. The molecule has 2 aromatic carbocycles. The number of nitrogens with zero attached hydrogens (tertiary/aromatic N) is 3. The Bertz CT molecular complexity index is 1190. The lowest BCUT2D eigenvalue weighted by molar-refractivity contribution is 0.0922. The van der Waals surface area contributed by atoms with Gasteiger partial charge >= 0.3 is 0 Å². The highest BCUT2D eigenvalue weighted by molar-refractivity contribution is 5.98. The van der Waals surface area contributed by atoms with Gasteiger partial charge in [0.2, 0.25) is 0 Å². The molecule has 4 rings (SSSR count). The van der Waals surface area contributed by atoms with Crippen molar-refractivity contribution in [3.05, 3.63) is 66.1 Å². The summed E-state index contributed by atoms with van der Waals surface area (Å²) in [6, 6.07) is 15.7. The highest BCUT2D eigenvalue weighted by Crippen LogP contribution is 2.26. The summed E-state index contributed by atoms with van der Waals surface area (Å²) >= 11 is 0. The minimum atomic E-state index is -0.189. The molecule has 1 amide bonds.